The van der Waals surface area contributed by atoms with Crippen LogP contribution < -0.4 is 10.6 Å². The molecule has 2 atom stereocenters. The van der Waals surface area contributed by atoms with Crippen LogP contribution in [0.1, 0.15) is 44.2 Å². The molecule has 2 amide bonds. The van der Waals surface area contributed by atoms with Crippen LogP contribution in [0.2, 0.25) is 0 Å². The van der Waals surface area contributed by atoms with E-state index in [1.165, 1.54) is 0 Å². The number of aliphatic carboxylic acids is 1. The highest BCUT2D eigenvalue weighted by Crippen LogP contribution is 2.44. The number of hydrogen-bond acceptors (Lipinski definition) is 4. The summed E-state index contributed by atoms with van der Waals surface area (Å²) >= 11 is 0. The van der Waals surface area contributed by atoms with E-state index in [0.717, 1.165) is 22.3 Å². The highest BCUT2D eigenvalue weighted by molar-refractivity contribution is 5.89. The van der Waals surface area contributed by atoms with E-state index in [2.05, 4.69) is 22.8 Å². The number of nitrogens with one attached hydrogen (secondary N) is 2. The molecule has 2 aromatic carbocycles. The zero-order valence-corrected chi connectivity index (χ0v) is 17.9. The lowest BCUT2D eigenvalue weighted by Gasteiger charge is -2.24. The van der Waals surface area contributed by atoms with Crippen LogP contribution in [0, 0.1) is 5.92 Å². The summed E-state index contributed by atoms with van der Waals surface area (Å²) in [5, 5.41) is 14.2. The van der Waals surface area contributed by atoms with Crippen molar-refractivity contribution in [2.45, 2.75) is 45.2 Å². The molecule has 1 aliphatic carbocycles. The van der Waals surface area contributed by atoms with Crippen molar-refractivity contribution in [3.05, 3.63) is 59.7 Å². The lowest BCUT2D eigenvalue weighted by Crippen LogP contribution is -2.53. The molecule has 0 spiro atoms. The van der Waals surface area contributed by atoms with Gasteiger partial charge in [0.1, 0.15) is 18.7 Å². The number of amides is 2. The SMILES string of the molecule is CCC(NC(=O)[C@@H](NC(=O)OCC1c2ccccc2-c2ccccc21)C(C)C)C(=O)O. The molecule has 0 bridgehead atoms. The summed E-state index contributed by atoms with van der Waals surface area (Å²) in [6.45, 7) is 5.35. The summed E-state index contributed by atoms with van der Waals surface area (Å²) < 4.78 is 5.50. The first-order valence-corrected chi connectivity index (χ1v) is 10.5. The number of ether oxygens (including phenoxy) is 1. The minimum absolute atomic E-state index is 0.0824. The van der Waals surface area contributed by atoms with E-state index in [-0.39, 0.29) is 24.9 Å². The summed E-state index contributed by atoms with van der Waals surface area (Å²) in [4.78, 5) is 36.2. The molecule has 1 unspecified atom stereocenters. The molecule has 31 heavy (non-hydrogen) atoms. The second-order valence-electron chi connectivity index (χ2n) is 8.00. The average molecular weight is 424 g/mol. The van der Waals surface area contributed by atoms with Crippen LogP contribution in [0.3, 0.4) is 0 Å². The maximum atomic E-state index is 12.5. The van der Waals surface area contributed by atoms with Crippen molar-refractivity contribution in [3.63, 3.8) is 0 Å². The molecule has 2 aromatic rings. The third-order valence-electron chi connectivity index (χ3n) is 5.59. The number of rotatable bonds is 8. The van der Waals surface area contributed by atoms with E-state index in [1.807, 2.05) is 36.4 Å². The lowest BCUT2D eigenvalue weighted by atomic mass is 9.98. The van der Waals surface area contributed by atoms with Crippen molar-refractivity contribution >= 4 is 18.0 Å². The van der Waals surface area contributed by atoms with Gasteiger partial charge in [0.05, 0.1) is 0 Å². The summed E-state index contributed by atoms with van der Waals surface area (Å²) in [5.74, 6) is -1.98. The molecule has 0 heterocycles. The fourth-order valence-electron chi connectivity index (χ4n) is 3.90. The zero-order valence-electron chi connectivity index (χ0n) is 17.9. The Balaban J connectivity index is 1.66. The summed E-state index contributed by atoms with van der Waals surface area (Å²) in [6, 6.07) is 14.2. The van der Waals surface area contributed by atoms with Gasteiger partial charge in [-0.05, 0) is 34.6 Å². The Bertz CT molecular complexity index is 926. The number of benzene rings is 2. The van der Waals surface area contributed by atoms with Crippen LogP contribution in [0.25, 0.3) is 11.1 Å². The fourth-order valence-corrected chi connectivity index (χ4v) is 3.90. The Labute approximate surface area is 181 Å². The van der Waals surface area contributed by atoms with E-state index < -0.39 is 30.1 Å². The molecule has 0 radical (unpaired) electrons. The standard InChI is InChI=1S/C24H28N2O5/c1-4-20(23(28)29)25-22(27)21(14(2)3)26-24(30)31-13-19-17-11-7-5-9-15(17)16-10-6-8-12-18(16)19/h5-12,14,19-21H,4,13H2,1-3H3,(H,25,27)(H,26,30)(H,28,29)/t20?,21-/m0/s1. The van der Waals surface area contributed by atoms with Gasteiger partial charge in [-0.15, -0.1) is 0 Å². The molecule has 1 aliphatic rings. The number of fused-ring (bicyclic) bond motifs is 3. The molecular formula is C24H28N2O5. The van der Waals surface area contributed by atoms with Gasteiger partial charge in [-0.25, -0.2) is 9.59 Å². The van der Waals surface area contributed by atoms with Crippen LogP contribution in [-0.2, 0) is 14.3 Å². The largest absolute Gasteiger partial charge is 0.480 e. The third-order valence-corrected chi connectivity index (χ3v) is 5.59. The number of hydrogen-bond donors (Lipinski definition) is 3. The first-order valence-electron chi connectivity index (χ1n) is 10.5. The molecule has 3 N–H and O–H groups in total. The number of carbonyl (C=O) groups is 3. The number of carbonyl (C=O) groups excluding carboxylic acids is 2. The van der Waals surface area contributed by atoms with E-state index in [4.69, 9.17) is 9.84 Å². The maximum Gasteiger partial charge on any atom is 0.407 e. The van der Waals surface area contributed by atoms with Crippen LogP contribution in [0.4, 0.5) is 4.79 Å². The Morgan fingerprint density at radius 1 is 0.968 bits per heavy atom. The van der Waals surface area contributed by atoms with E-state index in [1.54, 1.807) is 20.8 Å². The van der Waals surface area contributed by atoms with Crippen molar-refractivity contribution in [1.29, 1.82) is 0 Å². The van der Waals surface area contributed by atoms with E-state index in [0.29, 0.717) is 0 Å². The van der Waals surface area contributed by atoms with Gasteiger partial charge in [-0.3, -0.25) is 4.79 Å². The molecule has 3 rings (SSSR count). The van der Waals surface area contributed by atoms with Gasteiger partial charge in [0.25, 0.3) is 0 Å². The number of alkyl carbamates (subject to hydrolysis) is 1. The van der Waals surface area contributed by atoms with Gasteiger partial charge in [-0.2, -0.15) is 0 Å². The fraction of sp³-hybridized carbons (Fsp3) is 0.375. The van der Waals surface area contributed by atoms with Crippen LogP contribution in [0.5, 0.6) is 0 Å². The van der Waals surface area contributed by atoms with Gasteiger partial charge in [0, 0.05) is 5.92 Å². The first-order chi connectivity index (χ1) is 14.8. The Kier molecular flexibility index (Phi) is 6.95. The van der Waals surface area contributed by atoms with Gasteiger partial charge in [0.15, 0.2) is 0 Å². The summed E-state index contributed by atoms with van der Waals surface area (Å²) in [5.41, 5.74) is 4.46. The van der Waals surface area contributed by atoms with Gasteiger partial charge >= 0.3 is 12.1 Å². The van der Waals surface area contributed by atoms with E-state index >= 15 is 0 Å². The second kappa shape index (κ2) is 9.64. The minimum Gasteiger partial charge on any atom is -0.480 e. The molecule has 0 fully saturated rings. The van der Waals surface area contributed by atoms with Crippen LogP contribution >= 0.6 is 0 Å². The number of carboxylic acids is 1. The zero-order chi connectivity index (χ0) is 22.5. The predicted octanol–water partition coefficient (Wildman–Crippen LogP) is 3.53. The predicted molar refractivity (Wildman–Crippen MR) is 117 cm³/mol. The van der Waals surface area contributed by atoms with Crippen molar-refractivity contribution in [2.24, 2.45) is 5.92 Å². The summed E-state index contributed by atoms with van der Waals surface area (Å²) in [6.07, 6.45) is -0.462. The summed E-state index contributed by atoms with van der Waals surface area (Å²) in [7, 11) is 0. The monoisotopic (exact) mass is 424 g/mol. The maximum absolute atomic E-state index is 12.5. The van der Waals surface area contributed by atoms with Gasteiger partial charge in [0.2, 0.25) is 5.91 Å². The van der Waals surface area contributed by atoms with E-state index in [9.17, 15) is 14.4 Å². The molecule has 7 heteroatoms. The molecule has 7 nitrogen and oxygen atoms in total. The number of carboxylic acid groups (broad SMARTS) is 1. The second-order valence-corrected chi connectivity index (χ2v) is 8.00. The van der Waals surface area contributed by atoms with Crippen molar-refractivity contribution in [1.82, 2.24) is 10.6 Å². The lowest BCUT2D eigenvalue weighted by molar-refractivity contribution is -0.142. The Hall–Kier alpha value is -3.35. The quantitative estimate of drug-likeness (QED) is 0.601. The molecular weight excluding hydrogens is 396 g/mol. The molecule has 0 saturated carbocycles. The van der Waals surface area contributed by atoms with Crippen LogP contribution in [0.15, 0.2) is 48.5 Å². The highest BCUT2D eigenvalue weighted by atomic mass is 16.5. The molecule has 0 aliphatic heterocycles. The molecule has 164 valence electrons. The van der Waals surface area contributed by atoms with Crippen molar-refractivity contribution < 1.29 is 24.2 Å². The Morgan fingerprint density at radius 2 is 1.52 bits per heavy atom. The average Bonchev–Trinajstić information content (AvgIpc) is 3.07. The molecule has 0 aromatic heterocycles. The van der Waals surface area contributed by atoms with Crippen molar-refractivity contribution in [3.8, 4) is 11.1 Å². The smallest absolute Gasteiger partial charge is 0.407 e. The molecule has 0 saturated heterocycles. The minimum atomic E-state index is -1.11. The highest BCUT2D eigenvalue weighted by Gasteiger charge is 2.31. The first kappa shape index (κ1) is 22.3. The third kappa shape index (κ3) is 4.87. The Morgan fingerprint density at radius 3 is 2.00 bits per heavy atom. The van der Waals surface area contributed by atoms with Crippen molar-refractivity contribution in [2.75, 3.05) is 6.61 Å². The van der Waals surface area contributed by atoms with Crippen LogP contribution in [-0.4, -0.2) is 41.8 Å². The topological polar surface area (TPSA) is 105 Å². The van der Waals surface area contributed by atoms with Gasteiger partial charge < -0.3 is 20.5 Å². The van der Waals surface area contributed by atoms with Gasteiger partial charge in [-0.1, -0.05) is 69.3 Å². The normalized spacial score (nSPS) is 14.3.